The van der Waals surface area contributed by atoms with E-state index in [1.807, 2.05) is 30.3 Å². The van der Waals surface area contributed by atoms with Gasteiger partial charge in [0.15, 0.2) is 0 Å². The number of fused-ring (bicyclic) bond motifs is 2. The van der Waals surface area contributed by atoms with Crippen LogP contribution in [0.4, 0.5) is 10.1 Å². The number of piperidine rings is 1. The van der Waals surface area contributed by atoms with Gasteiger partial charge in [-0.25, -0.2) is 18.2 Å². The lowest BCUT2D eigenvalue weighted by atomic mass is 9.82. The second-order valence-electron chi connectivity index (χ2n) is 12.5. The van der Waals surface area contributed by atoms with Gasteiger partial charge in [-0.1, -0.05) is 26.0 Å². The highest BCUT2D eigenvalue weighted by molar-refractivity contribution is 7.89. The zero-order chi connectivity index (χ0) is 32.2. The minimum Gasteiger partial charge on any atom is -0.463 e. The van der Waals surface area contributed by atoms with Gasteiger partial charge in [0.1, 0.15) is 10.9 Å². The van der Waals surface area contributed by atoms with E-state index in [2.05, 4.69) is 28.9 Å². The molecule has 1 atom stereocenters. The maximum atomic E-state index is 14.3. The van der Waals surface area contributed by atoms with Crippen molar-refractivity contribution in [3.8, 4) is 0 Å². The summed E-state index contributed by atoms with van der Waals surface area (Å²) in [5.41, 5.74) is 2.51. The van der Waals surface area contributed by atoms with Crippen molar-refractivity contribution in [1.82, 2.24) is 14.6 Å². The van der Waals surface area contributed by atoms with Gasteiger partial charge in [-0.15, -0.1) is 11.3 Å². The third kappa shape index (κ3) is 8.09. The summed E-state index contributed by atoms with van der Waals surface area (Å²) < 4.78 is 50.2. The van der Waals surface area contributed by atoms with Gasteiger partial charge in [0.25, 0.3) is 0 Å². The number of hydrogen-bond acceptors (Lipinski definition) is 8. The minimum absolute atomic E-state index is 0.0164. The molecule has 5 rings (SSSR count). The fourth-order valence-corrected chi connectivity index (χ4v) is 8.50. The van der Waals surface area contributed by atoms with E-state index in [0.717, 1.165) is 15.8 Å². The average Bonchev–Trinajstić information content (AvgIpc) is 3.41. The van der Waals surface area contributed by atoms with Crippen LogP contribution in [0.1, 0.15) is 56.2 Å². The van der Waals surface area contributed by atoms with Crippen molar-refractivity contribution in [3.05, 3.63) is 58.6 Å². The molecule has 1 amide bonds. The Morgan fingerprint density at radius 3 is 2.71 bits per heavy atom. The predicted molar refractivity (Wildman–Crippen MR) is 175 cm³/mol. The number of esters is 1. The molecular formula is C33H41FN4O5S2. The summed E-state index contributed by atoms with van der Waals surface area (Å²) >= 11 is 1.43. The molecule has 2 aliphatic rings. The number of alkyl halides is 1. The Morgan fingerprint density at radius 2 is 2.00 bits per heavy atom. The first-order chi connectivity index (χ1) is 21.5. The Kier molecular flexibility index (Phi) is 10.2. The van der Waals surface area contributed by atoms with E-state index in [1.54, 1.807) is 17.9 Å². The van der Waals surface area contributed by atoms with E-state index >= 15 is 0 Å². The summed E-state index contributed by atoms with van der Waals surface area (Å²) in [6.45, 7) is 7.22. The van der Waals surface area contributed by atoms with Gasteiger partial charge >= 0.3 is 5.97 Å². The SMILES string of the molecule is CCOC(=O)C=Cc1cc2c(c(S(=O)(=O)N[C@@H](Cc3nc4ccccc4s3)C(=O)N3CCC(CCF)CC3)c1)NCC(C)(C)C2. The lowest BCUT2D eigenvalue weighted by Gasteiger charge is -2.35. The number of rotatable bonds is 11. The summed E-state index contributed by atoms with van der Waals surface area (Å²) in [4.78, 5) is 32.4. The average molecular weight is 657 g/mol. The van der Waals surface area contributed by atoms with E-state index in [9.17, 15) is 22.4 Å². The molecule has 0 bridgehead atoms. The first kappa shape index (κ1) is 33.0. The maximum Gasteiger partial charge on any atom is 0.330 e. The first-order valence-corrected chi connectivity index (χ1v) is 17.7. The van der Waals surface area contributed by atoms with Gasteiger partial charge in [0, 0.05) is 32.1 Å². The van der Waals surface area contributed by atoms with E-state index in [-0.39, 0.29) is 41.8 Å². The van der Waals surface area contributed by atoms with E-state index in [1.165, 1.54) is 23.5 Å². The van der Waals surface area contributed by atoms with Crippen molar-refractivity contribution in [2.75, 3.05) is 38.2 Å². The number of likely N-dealkylation sites (tertiary alicyclic amines) is 1. The highest BCUT2D eigenvalue weighted by atomic mass is 32.2. The van der Waals surface area contributed by atoms with Gasteiger partial charge in [0.05, 0.1) is 34.2 Å². The first-order valence-electron chi connectivity index (χ1n) is 15.4. The van der Waals surface area contributed by atoms with Crippen molar-refractivity contribution in [2.24, 2.45) is 11.3 Å². The molecule has 0 aliphatic carbocycles. The van der Waals surface area contributed by atoms with Gasteiger partial charge in [-0.3, -0.25) is 9.18 Å². The molecule has 242 valence electrons. The fourth-order valence-electron chi connectivity index (χ4n) is 6.03. The summed E-state index contributed by atoms with van der Waals surface area (Å²) in [7, 11) is -4.25. The van der Waals surface area contributed by atoms with Crippen molar-refractivity contribution in [3.63, 3.8) is 0 Å². The zero-order valence-corrected chi connectivity index (χ0v) is 27.6. The summed E-state index contributed by atoms with van der Waals surface area (Å²) in [5.74, 6) is -0.628. The number of thiazole rings is 1. The Bertz CT molecular complexity index is 1650. The van der Waals surface area contributed by atoms with Crippen LogP contribution in [-0.4, -0.2) is 69.1 Å². The van der Waals surface area contributed by atoms with Crippen LogP contribution in [0.2, 0.25) is 0 Å². The number of nitrogens with one attached hydrogen (secondary N) is 2. The van der Waals surface area contributed by atoms with E-state index < -0.39 is 22.0 Å². The van der Waals surface area contributed by atoms with Gasteiger partial charge in [-0.2, -0.15) is 4.72 Å². The second kappa shape index (κ2) is 14.0. The molecule has 12 heteroatoms. The number of amides is 1. The number of carbonyl (C=O) groups is 2. The lowest BCUT2D eigenvalue weighted by molar-refractivity contribution is -0.137. The smallest absolute Gasteiger partial charge is 0.330 e. The second-order valence-corrected chi connectivity index (χ2v) is 15.3. The lowest BCUT2D eigenvalue weighted by Crippen LogP contribution is -2.51. The molecule has 1 saturated heterocycles. The molecule has 0 spiro atoms. The van der Waals surface area contributed by atoms with Crippen LogP contribution in [-0.2, 0) is 37.2 Å². The molecule has 2 aromatic carbocycles. The van der Waals surface area contributed by atoms with Crippen LogP contribution in [0.3, 0.4) is 0 Å². The molecule has 3 heterocycles. The summed E-state index contributed by atoms with van der Waals surface area (Å²) in [5, 5.41) is 3.97. The molecule has 2 aliphatic heterocycles. The van der Waals surface area contributed by atoms with Gasteiger partial charge in [-0.05, 0) is 85.4 Å². The van der Waals surface area contributed by atoms with Gasteiger partial charge in [0.2, 0.25) is 15.9 Å². The van der Waals surface area contributed by atoms with Crippen LogP contribution in [0.25, 0.3) is 16.3 Å². The number of nitrogens with zero attached hydrogens (tertiary/aromatic N) is 2. The highest BCUT2D eigenvalue weighted by Crippen LogP contribution is 2.38. The minimum atomic E-state index is -4.25. The van der Waals surface area contributed by atoms with Crippen LogP contribution in [0.5, 0.6) is 0 Å². The molecule has 9 nitrogen and oxygen atoms in total. The van der Waals surface area contributed by atoms with Crippen molar-refractivity contribution >= 4 is 55.2 Å². The Morgan fingerprint density at radius 1 is 1.24 bits per heavy atom. The monoisotopic (exact) mass is 656 g/mol. The summed E-state index contributed by atoms with van der Waals surface area (Å²) in [6, 6.07) is 9.94. The van der Waals surface area contributed by atoms with Crippen LogP contribution in [0.15, 0.2) is 47.4 Å². The molecule has 45 heavy (non-hydrogen) atoms. The number of benzene rings is 2. The zero-order valence-electron chi connectivity index (χ0n) is 26.0. The number of ether oxygens (including phenoxy) is 1. The molecular weight excluding hydrogens is 616 g/mol. The maximum absolute atomic E-state index is 14.3. The Labute approximate surface area is 268 Å². The molecule has 0 saturated carbocycles. The van der Waals surface area contributed by atoms with E-state index in [4.69, 9.17) is 4.74 Å². The third-order valence-corrected chi connectivity index (χ3v) is 10.9. The van der Waals surface area contributed by atoms with Crippen LogP contribution < -0.4 is 10.0 Å². The van der Waals surface area contributed by atoms with E-state index in [0.29, 0.717) is 61.6 Å². The van der Waals surface area contributed by atoms with Crippen LogP contribution in [0, 0.1) is 11.3 Å². The van der Waals surface area contributed by atoms with Gasteiger partial charge < -0.3 is 15.0 Å². The Balaban J connectivity index is 1.49. The fraction of sp³-hybridized carbons (Fsp3) is 0.485. The molecule has 1 aromatic heterocycles. The number of carbonyl (C=O) groups excluding carboxylic acids is 2. The topological polar surface area (TPSA) is 118 Å². The normalized spacial score (nSPS) is 17.6. The van der Waals surface area contributed by atoms with Crippen molar-refractivity contribution in [1.29, 1.82) is 0 Å². The van der Waals surface area contributed by atoms with Crippen molar-refractivity contribution < 1.29 is 27.1 Å². The third-order valence-electron chi connectivity index (χ3n) is 8.36. The predicted octanol–water partition coefficient (Wildman–Crippen LogP) is 5.35. The number of halogens is 1. The number of aromatic nitrogens is 1. The van der Waals surface area contributed by atoms with Crippen LogP contribution >= 0.6 is 11.3 Å². The number of para-hydroxylation sites is 1. The number of anilines is 1. The molecule has 2 N–H and O–H groups in total. The largest absolute Gasteiger partial charge is 0.463 e. The number of hydrogen-bond donors (Lipinski definition) is 2. The standard InChI is InChI=1S/C33H41FN4O5S2/c1-4-43-30(39)10-9-23-17-24-20-33(2,3)21-35-31(24)28(18-23)45(41,42)37-26(19-29-36-25-7-5-6-8-27(25)44-29)32(40)38-15-12-22(11-14-34)13-16-38/h5-10,17-18,22,26,35,37H,4,11-16,19-21H2,1-3H3/t26-/m0/s1. The number of sulfonamides is 1. The molecule has 0 radical (unpaired) electrons. The molecule has 1 fully saturated rings. The summed E-state index contributed by atoms with van der Waals surface area (Å²) in [6.07, 6.45) is 5.37. The van der Waals surface area contributed by atoms with Crippen molar-refractivity contribution in [2.45, 2.75) is 63.8 Å². The Hall–Kier alpha value is -3.35. The molecule has 3 aromatic rings. The quantitative estimate of drug-likeness (QED) is 0.211. The molecule has 0 unspecified atom stereocenters. The highest BCUT2D eigenvalue weighted by Gasteiger charge is 2.35.